The summed E-state index contributed by atoms with van der Waals surface area (Å²) in [5.41, 5.74) is 0.635. The molecule has 3 aromatic rings. The third kappa shape index (κ3) is 4.37. The largest absolute Gasteiger partial charge is 0.338 e. The predicted molar refractivity (Wildman–Crippen MR) is 105 cm³/mol. The van der Waals surface area contributed by atoms with Gasteiger partial charge in [-0.3, -0.25) is 9.78 Å². The average Bonchev–Trinajstić information content (AvgIpc) is 2.76. The van der Waals surface area contributed by atoms with Crippen LogP contribution in [-0.2, 0) is 6.42 Å². The summed E-state index contributed by atoms with van der Waals surface area (Å²) < 4.78 is 15.3. The van der Waals surface area contributed by atoms with E-state index in [9.17, 15) is 4.79 Å². The highest BCUT2D eigenvalue weighted by molar-refractivity contribution is 6.29. The van der Waals surface area contributed by atoms with Crippen LogP contribution in [0.15, 0.2) is 49.1 Å². The fraction of sp³-hybridized carbons (Fsp3) is 0.300. The quantitative estimate of drug-likeness (QED) is 0.654. The van der Waals surface area contributed by atoms with Crippen molar-refractivity contribution in [2.75, 3.05) is 13.1 Å². The highest BCUT2D eigenvalue weighted by Crippen LogP contribution is 2.31. The Labute approximate surface area is 172 Å². The summed E-state index contributed by atoms with van der Waals surface area (Å²) in [6.07, 6.45) is 5.24. The van der Waals surface area contributed by atoms with E-state index < -0.39 is 5.67 Å². The van der Waals surface area contributed by atoms with Crippen LogP contribution >= 0.6 is 11.6 Å². The number of rotatable bonds is 4. The minimum Gasteiger partial charge on any atom is -0.338 e. The lowest BCUT2D eigenvalue weighted by atomic mass is 9.88. The summed E-state index contributed by atoms with van der Waals surface area (Å²) in [6, 6.07) is 8.41. The number of nitrogens with zero attached hydrogens (tertiary/aromatic N) is 6. The van der Waals surface area contributed by atoms with Crippen LogP contribution in [0.3, 0.4) is 0 Å². The maximum absolute atomic E-state index is 15.3. The van der Waals surface area contributed by atoms with Crippen molar-refractivity contribution in [2.45, 2.75) is 24.9 Å². The molecule has 1 saturated heterocycles. The van der Waals surface area contributed by atoms with Crippen molar-refractivity contribution >= 4 is 17.5 Å². The molecule has 29 heavy (non-hydrogen) atoms. The van der Waals surface area contributed by atoms with Gasteiger partial charge >= 0.3 is 0 Å². The van der Waals surface area contributed by atoms with Crippen LogP contribution < -0.4 is 0 Å². The number of likely N-dealkylation sites (tertiary alicyclic amines) is 1. The first-order valence-corrected chi connectivity index (χ1v) is 9.60. The zero-order valence-corrected chi connectivity index (χ0v) is 16.3. The number of halogens is 2. The van der Waals surface area contributed by atoms with Gasteiger partial charge in [-0.25, -0.2) is 14.4 Å². The van der Waals surface area contributed by atoms with Crippen molar-refractivity contribution in [1.82, 2.24) is 30.0 Å². The molecular weight excluding hydrogens is 395 g/mol. The molecule has 0 N–H and O–H groups in total. The molecule has 0 aliphatic carbocycles. The van der Waals surface area contributed by atoms with E-state index >= 15 is 4.39 Å². The van der Waals surface area contributed by atoms with E-state index in [1.165, 1.54) is 6.33 Å². The normalized spacial score (nSPS) is 15.9. The lowest BCUT2D eigenvalue weighted by molar-refractivity contribution is 0.0433. The minimum absolute atomic E-state index is 0.151. The molecule has 4 heterocycles. The monoisotopic (exact) mass is 412 g/mol. The molecule has 1 aliphatic heterocycles. The standard InChI is InChI=1S/C20H18ClFN6O/c21-17-4-3-14(26-27-17)12-20(22)6-10-28(11-7-20)19(29)15-2-1-8-24-18(15)16-5-9-23-13-25-16/h1-5,8-9,13H,6-7,10-12H2. The van der Waals surface area contributed by atoms with Gasteiger partial charge in [0.1, 0.15) is 17.7 Å². The second-order valence-corrected chi connectivity index (χ2v) is 7.35. The van der Waals surface area contributed by atoms with E-state index in [4.69, 9.17) is 11.6 Å². The number of hydrogen-bond acceptors (Lipinski definition) is 6. The van der Waals surface area contributed by atoms with Crippen molar-refractivity contribution in [3.63, 3.8) is 0 Å². The SMILES string of the molecule is O=C(c1cccnc1-c1ccncn1)N1CCC(F)(Cc2ccc(Cl)nn2)CC1. The van der Waals surface area contributed by atoms with Gasteiger partial charge in [0, 0.05) is 31.9 Å². The fourth-order valence-electron chi connectivity index (χ4n) is 3.43. The molecule has 9 heteroatoms. The van der Waals surface area contributed by atoms with E-state index in [2.05, 4.69) is 25.1 Å². The van der Waals surface area contributed by atoms with Gasteiger partial charge < -0.3 is 4.90 Å². The Balaban J connectivity index is 1.47. The third-order valence-electron chi connectivity index (χ3n) is 4.99. The Morgan fingerprint density at radius 1 is 1.10 bits per heavy atom. The highest BCUT2D eigenvalue weighted by atomic mass is 35.5. The Hall–Kier alpha value is -3.00. The van der Waals surface area contributed by atoms with Crippen molar-refractivity contribution in [3.05, 3.63) is 65.5 Å². The van der Waals surface area contributed by atoms with Gasteiger partial charge in [0.15, 0.2) is 5.15 Å². The molecule has 0 radical (unpaired) electrons. The van der Waals surface area contributed by atoms with Crippen LogP contribution in [-0.4, -0.2) is 54.7 Å². The van der Waals surface area contributed by atoms with Gasteiger partial charge in [-0.2, -0.15) is 5.10 Å². The molecule has 0 unspecified atom stereocenters. The molecule has 148 valence electrons. The summed E-state index contributed by atoms with van der Waals surface area (Å²) in [6.45, 7) is 0.628. The lowest BCUT2D eigenvalue weighted by Gasteiger charge is -2.36. The number of amides is 1. The second kappa shape index (κ2) is 8.16. The van der Waals surface area contributed by atoms with Gasteiger partial charge in [0.2, 0.25) is 0 Å². The maximum Gasteiger partial charge on any atom is 0.256 e. The number of pyridine rings is 1. The van der Waals surface area contributed by atoms with E-state index in [1.54, 1.807) is 47.6 Å². The molecule has 1 aliphatic rings. The van der Waals surface area contributed by atoms with Crippen molar-refractivity contribution in [1.29, 1.82) is 0 Å². The summed E-state index contributed by atoms with van der Waals surface area (Å²) in [5, 5.41) is 7.98. The maximum atomic E-state index is 15.3. The van der Waals surface area contributed by atoms with Crippen LogP contribution in [0.1, 0.15) is 28.9 Å². The molecule has 1 fully saturated rings. The topological polar surface area (TPSA) is 84.8 Å². The lowest BCUT2D eigenvalue weighted by Crippen LogP contribution is -2.45. The Morgan fingerprint density at radius 2 is 1.93 bits per heavy atom. The molecule has 0 saturated carbocycles. The smallest absolute Gasteiger partial charge is 0.256 e. The number of alkyl halides is 1. The van der Waals surface area contributed by atoms with E-state index in [0.717, 1.165) is 0 Å². The number of carbonyl (C=O) groups excluding carboxylic acids is 1. The van der Waals surface area contributed by atoms with Crippen LogP contribution in [0.5, 0.6) is 0 Å². The van der Waals surface area contributed by atoms with Gasteiger partial charge in [0.25, 0.3) is 5.91 Å². The summed E-state index contributed by atoms with van der Waals surface area (Å²) >= 11 is 5.73. The van der Waals surface area contributed by atoms with Gasteiger partial charge in [-0.05, 0) is 43.2 Å². The Bertz CT molecular complexity index is 993. The average molecular weight is 413 g/mol. The molecule has 0 atom stereocenters. The summed E-state index contributed by atoms with van der Waals surface area (Å²) in [5.74, 6) is -0.181. The van der Waals surface area contributed by atoms with Crippen LogP contribution in [0.4, 0.5) is 4.39 Å². The fourth-order valence-corrected chi connectivity index (χ4v) is 3.53. The van der Waals surface area contributed by atoms with Gasteiger partial charge in [-0.15, -0.1) is 5.10 Å². The minimum atomic E-state index is -1.43. The number of piperidine rings is 1. The summed E-state index contributed by atoms with van der Waals surface area (Å²) in [7, 11) is 0. The number of aromatic nitrogens is 5. The molecule has 0 spiro atoms. The van der Waals surface area contributed by atoms with E-state index in [1.807, 2.05) is 0 Å². The van der Waals surface area contributed by atoms with Crippen LogP contribution in [0.2, 0.25) is 5.15 Å². The van der Waals surface area contributed by atoms with Crippen molar-refractivity contribution < 1.29 is 9.18 Å². The molecular formula is C20H18ClFN6O. The molecule has 1 amide bonds. The van der Waals surface area contributed by atoms with Crippen molar-refractivity contribution in [2.24, 2.45) is 0 Å². The predicted octanol–water partition coefficient (Wildman–Crippen LogP) is 3.17. The first-order chi connectivity index (χ1) is 14.0. The number of carbonyl (C=O) groups is 1. The van der Waals surface area contributed by atoms with Crippen molar-refractivity contribution in [3.8, 4) is 11.4 Å². The zero-order valence-electron chi connectivity index (χ0n) is 15.5. The molecule has 0 bridgehead atoms. The van der Waals surface area contributed by atoms with E-state index in [-0.39, 0.29) is 30.3 Å². The molecule has 0 aromatic carbocycles. The third-order valence-corrected chi connectivity index (χ3v) is 5.20. The zero-order chi connectivity index (χ0) is 20.3. The van der Waals surface area contributed by atoms with Crippen LogP contribution in [0, 0.1) is 0 Å². The Kier molecular flexibility index (Phi) is 5.44. The van der Waals surface area contributed by atoms with Crippen LogP contribution in [0.25, 0.3) is 11.4 Å². The van der Waals surface area contributed by atoms with E-state index in [0.29, 0.717) is 35.7 Å². The van der Waals surface area contributed by atoms with Gasteiger partial charge in [0.05, 0.1) is 17.0 Å². The molecule has 4 rings (SSSR count). The Morgan fingerprint density at radius 3 is 2.62 bits per heavy atom. The van der Waals surface area contributed by atoms with Gasteiger partial charge in [-0.1, -0.05) is 11.6 Å². The first kappa shape index (κ1) is 19.3. The summed E-state index contributed by atoms with van der Waals surface area (Å²) in [4.78, 5) is 27.1. The molecule has 3 aromatic heterocycles. The second-order valence-electron chi connectivity index (χ2n) is 6.96. The molecule has 7 nitrogen and oxygen atoms in total. The first-order valence-electron chi connectivity index (χ1n) is 9.22. The number of hydrogen-bond donors (Lipinski definition) is 0. The highest BCUT2D eigenvalue weighted by Gasteiger charge is 2.37.